The number of nitrogens with zero attached hydrogens (tertiary/aromatic N) is 1. The zero-order valence-corrected chi connectivity index (χ0v) is 9.14. The fraction of sp³-hybridized carbons (Fsp3) is 0.300. The number of hydrogen-bond acceptors (Lipinski definition) is 3. The number of hydrogen-bond donors (Lipinski definition) is 0. The molecule has 5 heteroatoms. The normalized spacial score (nSPS) is 9.53. The van der Waals surface area contributed by atoms with Gasteiger partial charge < -0.3 is 0 Å². The van der Waals surface area contributed by atoms with E-state index in [0.29, 0.717) is 4.48 Å². The minimum absolute atomic E-state index is 0.135. The molecule has 0 atom stereocenters. The fourth-order valence-electron chi connectivity index (χ4n) is 0.968. The van der Waals surface area contributed by atoms with E-state index in [9.17, 15) is 4.79 Å². The maximum atomic E-state index is 11.6. The van der Waals surface area contributed by atoms with Crippen LogP contribution >= 0.6 is 0 Å². The second-order valence-corrected chi connectivity index (χ2v) is 3.78. The van der Waals surface area contributed by atoms with Crippen molar-refractivity contribution in [3.05, 3.63) is 35.9 Å². The van der Waals surface area contributed by atoms with Crippen LogP contribution in [-0.2, 0) is 4.70 Å². The summed E-state index contributed by atoms with van der Waals surface area (Å²) in [6.45, 7) is 0. The first kappa shape index (κ1) is 13.5. The van der Waals surface area contributed by atoms with Gasteiger partial charge in [-0.15, -0.1) is 0 Å². The van der Waals surface area contributed by atoms with E-state index in [1.165, 1.54) is 0 Å². The van der Waals surface area contributed by atoms with Crippen LogP contribution < -0.4 is 5.02 Å². The summed E-state index contributed by atoms with van der Waals surface area (Å²) in [7, 11) is 5.11. The first-order valence-electron chi connectivity index (χ1n) is 4.40. The van der Waals surface area contributed by atoms with Gasteiger partial charge in [-0.2, -0.15) is 0 Å². The predicted molar refractivity (Wildman–Crippen MR) is 55.2 cm³/mol. The summed E-state index contributed by atoms with van der Waals surface area (Å²) in [6.07, 6.45) is 0. The van der Waals surface area contributed by atoms with Crippen LogP contribution in [0.2, 0.25) is 0 Å². The van der Waals surface area contributed by atoms with Gasteiger partial charge in [-0.25, -0.2) is 4.79 Å². The molecule has 0 aliphatic heterocycles. The van der Waals surface area contributed by atoms with E-state index in [4.69, 9.17) is 9.73 Å². The Morgan fingerprint density at radius 3 is 1.93 bits per heavy atom. The molecule has 0 radical (unpaired) electrons. The number of benzene rings is 1. The Hall–Kier alpha value is -1.49. The van der Waals surface area contributed by atoms with Crippen LogP contribution in [0.4, 0.5) is 0 Å². The summed E-state index contributed by atoms with van der Waals surface area (Å²) in [5.74, 6) is 0.135. The molecule has 0 unspecified atom stereocenters. The third kappa shape index (κ3) is 5.07. The van der Waals surface area contributed by atoms with E-state index >= 15 is 0 Å². The van der Waals surface area contributed by atoms with Crippen molar-refractivity contribution in [2.75, 3.05) is 21.1 Å². The molecule has 1 aromatic rings. The Balaban J connectivity index is 0.000000583. The van der Waals surface area contributed by atoms with Gasteiger partial charge in [0.05, 0.1) is 26.7 Å². The maximum absolute atomic E-state index is 11.6. The molecule has 0 aliphatic rings. The third-order valence-electron chi connectivity index (χ3n) is 1.63. The number of rotatable bonds is 1. The molecule has 80 valence electrons. The standard InChI is InChI=1S/C10H14NO.BO2/c1-11(2,3)10(12)9-7-5-4-6-8-9;2-1-3/h4-8H,1-3H3;/q+1;-1. The second-order valence-electron chi connectivity index (χ2n) is 3.78. The molecule has 0 bridgehead atoms. The average molecular weight is 207 g/mol. The summed E-state index contributed by atoms with van der Waals surface area (Å²) in [5.41, 5.74) is 0.769. The molecule has 0 saturated heterocycles. The van der Waals surface area contributed by atoms with Crippen molar-refractivity contribution >= 4 is 13.3 Å². The molecule has 0 spiro atoms. The molecule has 0 saturated carbocycles. The van der Waals surface area contributed by atoms with Crippen LogP contribution in [0.5, 0.6) is 0 Å². The molecule has 0 aliphatic carbocycles. The van der Waals surface area contributed by atoms with Crippen molar-refractivity contribution in [3.8, 4) is 0 Å². The number of carbonyl (C=O) groups is 1. The van der Waals surface area contributed by atoms with Crippen LogP contribution in [0.3, 0.4) is 0 Å². The van der Waals surface area contributed by atoms with Gasteiger partial charge in [0.2, 0.25) is 0 Å². The first-order chi connectivity index (χ1) is 6.93. The molecule has 1 rings (SSSR count). The van der Waals surface area contributed by atoms with Gasteiger partial charge >= 0.3 is 23.0 Å². The fourth-order valence-corrected chi connectivity index (χ4v) is 0.968. The molecule has 0 aromatic heterocycles. The molecule has 1 amide bonds. The van der Waals surface area contributed by atoms with E-state index in [1.807, 2.05) is 51.5 Å². The first-order valence-corrected chi connectivity index (χ1v) is 4.40. The van der Waals surface area contributed by atoms with Crippen molar-refractivity contribution in [2.24, 2.45) is 0 Å². The summed E-state index contributed by atoms with van der Waals surface area (Å²) in [5, 5.41) is 8.25. The van der Waals surface area contributed by atoms with Crippen LogP contribution in [0.15, 0.2) is 30.3 Å². The van der Waals surface area contributed by atoms with Gasteiger partial charge in [-0.1, -0.05) is 18.2 Å². The van der Waals surface area contributed by atoms with E-state index < -0.39 is 7.35 Å². The van der Waals surface area contributed by atoms with Gasteiger partial charge in [0.25, 0.3) is 0 Å². The molecule has 4 nitrogen and oxygen atoms in total. The molecular formula is C10H14BNO3. The van der Waals surface area contributed by atoms with Crippen LogP contribution in [0.1, 0.15) is 10.4 Å². The SMILES string of the molecule is C[N+](C)(C)C(=O)c1ccccc1.O=B[O-]. The Bertz CT molecular complexity index is 319. The average Bonchev–Trinajstić information content (AvgIpc) is 2.18. The van der Waals surface area contributed by atoms with E-state index in [-0.39, 0.29) is 5.91 Å². The van der Waals surface area contributed by atoms with Crippen molar-refractivity contribution in [3.63, 3.8) is 0 Å². The molecule has 0 fully saturated rings. The zero-order valence-electron chi connectivity index (χ0n) is 9.14. The molecule has 0 heterocycles. The predicted octanol–water partition coefficient (Wildman–Crippen LogP) is -0.156. The van der Waals surface area contributed by atoms with E-state index in [1.54, 1.807) is 0 Å². The molecule has 1 aromatic carbocycles. The molecule has 0 N–H and O–H groups in total. The number of amides is 1. The monoisotopic (exact) mass is 207 g/mol. The van der Waals surface area contributed by atoms with Crippen molar-refractivity contribution in [2.45, 2.75) is 0 Å². The van der Waals surface area contributed by atoms with Gasteiger partial charge in [0, 0.05) is 0 Å². The van der Waals surface area contributed by atoms with Gasteiger partial charge in [0.1, 0.15) is 0 Å². The van der Waals surface area contributed by atoms with Crippen molar-refractivity contribution < 1.29 is 19.0 Å². The Morgan fingerprint density at radius 1 is 1.20 bits per heavy atom. The van der Waals surface area contributed by atoms with Crippen LogP contribution in [0, 0.1) is 0 Å². The second kappa shape index (κ2) is 6.08. The summed E-state index contributed by atoms with van der Waals surface area (Å²) in [6, 6.07) is 9.34. The Kier molecular flexibility index (Phi) is 5.48. The van der Waals surface area contributed by atoms with Gasteiger partial charge in [0.15, 0.2) is 0 Å². The topological polar surface area (TPSA) is 57.2 Å². The Morgan fingerprint density at radius 2 is 1.60 bits per heavy atom. The van der Waals surface area contributed by atoms with Gasteiger partial charge in [-0.05, 0) is 12.1 Å². The third-order valence-corrected chi connectivity index (χ3v) is 1.63. The molecule has 15 heavy (non-hydrogen) atoms. The number of quaternary nitrogens is 1. The summed E-state index contributed by atoms with van der Waals surface area (Å²) in [4.78, 5) is 11.6. The summed E-state index contributed by atoms with van der Waals surface area (Å²) >= 11 is 0. The number of carbonyl (C=O) groups excluding carboxylic acids is 1. The zero-order chi connectivity index (χ0) is 11.9. The van der Waals surface area contributed by atoms with E-state index in [0.717, 1.165) is 5.56 Å². The van der Waals surface area contributed by atoms with Crippen molar-refractivity contribution in [1.82, 2.24) is 0 Å². The molecular weight excluding hydrogens is 193 g/mol. The van der Waals surface area contributed by atoms with Crippen LogP contribution in [0.25, 0.3) is 0 Å². The minimum atomic E-state index is -0.500. The summed E-state index contributed by atoms with van der Waals surface area (Å²) < 4.78 is 8.59. The van der Waals surface area contributed by atoms with Gasteiger partial charge in [-0.3, -0.25) is 4.48 Å². The van der Waals surface area contributed by atoms with Crippen LogP contribution in [-0.4, -0.2) is 38.9 Å². The van der Waals surface area contributed by atoms with Crippen molar-refractivity contribution in [1.29, 1.82) is 0 Å². The van der Waals surface area contributed by atoms with E-state index in [2.05, 4.69) is 0 Å². The quantitative estimate of drug-likeness (QED) is 0.475. The Labute approximate surface area is 90.0 Å².